The van der Waals surface area contributed by atoms with Gasteiger partial charge in [-0.2, -0.15) is 10.4 Å². The van der Waals surface area contributed by atoms with Crippen LogP contribution in [0.25, 0.3) is 0 Å². The van der Waals surface area contributed by atoms with Crippen LogP contribution in [0.1, 0.15) is 11.1 Å². The average molecular weight is 215 g/mol. The van der Waals surface area contributed by atoms with Crippen molar-refractivity contribution in [1.82, 2.24) is 5.01 Å². The van der Waals surface area contributed by atoms with E-state index in [0.29, 0.717) is 5.56 Å². The van der Waals surface area contributed by atoms with Crippen LogP contribution in [0, 0.1) is 11.3 Å². The Morgan fingerprint density at radius 1 is 1.25 bits per heavy atom. The number of ether oxygens (including phenoxy) is 1. The normalized spacial score (nSPS) is 16.3. The van der Waals surface area contributed by atoms with E-state index in [1.54, 1.807) is 12.1 Å². The molecule has 1 aliphatic rings. The molecule has 1 fully saturated rings. The SMILES string of the molecule is N#Cc1ccc(/C=N/N2CCOCC2)cc1. The molecule has 0 aromatic heterocycles. The van der Waals surface area contributed by atoms with Crippen molar-refractivity contribution in [2.24, 2.45) is 5.10 Å². The Kier molecular flexibility index (Phi) is 3.52. The molecule has 1 aromatic carbocycles. The molecule has 0 bridgehead atoms. The largest absolute Gasteiger partial charge is 0.378 e. The topological polar surface area (TPSA) is 48.6 Å². The van der Waals surface area contributed by atoms with Crippen molar-refractivity contribution in [3.63, 3.8) is 0 Å². The van der Waals surface area contributed by atoms with Crippen molar-refractivity contribution in [2.75, 3.05) is 26.3 Å². The number of nitrogens with zero attached hydrogens (tertiary/aromatic N) is 3. The first kappa shape index (κ1) is 10.7. The number of benzene rings is 1. The Morgan fingerprint density at radius 3 is 2.56 bits per heavy atom. The Morgan fingerprint density at radius 2 is 1.94 bits per heavy atom. The molecule has 0 N–H and O–H groups in total. The number of morpholine rings is 1. The third-order valence-corrected chi connectivity index (χ3v) is 2.40. The summed E-state index contributed by atoms with van der Waals surface area (Å²) in [5.74, 6) is 0. The fourth-order valence-corrected chi connectivity index (χ4v) is 1.46. The molecule has 0 spiro atoms. The maximum absolute atomic E-state index is 8.66. The van der Waals surface area contributed by atoms with Gasteiger partial charge in [0.2, 0.25) is 0 Å². The number of nitriles is 1. The first-order valence-corrected chi connectivity index (χ1v) is 5.25. The molecule has 1 saturated heterocycles. The molecular formula is C12H13N3O. The van der Waals surface area contributed by atoms with E-state index in [-0.39, 0.29) is 0 Å². The van der Waals surface area contributed by atoms with E-state index in [4.69, 9.17) is 10.00 Å². The second-order valence-corrected chi connectivity index (χ2v) is 3.54. The summed E-state index contributed by atoms with van der Waals surface area (Å²) in [6.45, 7) is 3.16. The van der Waals surface area contributed by atoms with Crippen molar-refractivity contribution < 1.29 is 4.74 Å². The molecule has 4 nitrogen and oxygen atoms in total. The van der Waals surface area contributed by atoms with Gasteiger partial charge in [0.15, 0.2) is 0 Å². The summed E-state index contributed by atoms with van der Waals surface area (Å²) in [4.78, 5) is 0. The fraction of sp³-hybridized carbons (Fsp3) is 0.333. The predicted octanol–water partition coefficient (Wildman–Crippen LogP) is 1.22. The molecule has 0 unspecified atom stereocenters. The lowest BCUT2D eigenvalue weighted by atomic mass is 10.2. The van der Waals surface area contributed by atoms with Crippen LogP contribution >= 0.6 is 0 Å². The number of hydrogen-bond acceptors (Lipinski definition) is 4. The van der Waals surface area contributed by atoms with Crippen LogP contribution in [0.15, 0.2) is 29.4 Å². The zero-order chi connectivity index (χ0) is 11.2. The zero-order valence-corrected chi connectivity index (χ0v) is 8.97. The van der Waals surface area contributed by atoms with Gasteiger partial charge in [-0.1, -0.05) is 12.1 Å². The molecular weight excluding hydrogens is 202 g/mol. The van der Waals surface area contributed by atoms with Gasteiger partial charge in [-0.3, -0.25) is 5.01 Å². The van der Waals surface area contributed by atoms with Gasteiger partial charge in [-0.05, 0) is 17.7 Å². The average Bonchev–Trinajstić information content (AvgIpc) is 2.38. The molecule has 82 valence electrons. The van der Waals surface area contributed by atoms with E-state index in [2.05, 4.69) is 11.2 Å². The molecule has 16 heavy (non-hydrogen) atoms. The first-order chi connectivity index (χ1) is 7.88. The van der Waals surface area contributed by atoms with Crippen molar-refractivity contribution in [3.8, 4) is 6.07 Å². The summed E-state index contributed by atoms with van der Waals surface area (Å²) in [6, 6.07) is 9.46. The van der Waals surface area contributed by atoms with E-state index in [0.717, 1.165) is 31.9 Å². The van der Waals surface area contributed by atoms with E-state index in [1.807, 2.05) is 23.4 Å². The van der Waals surface area contributed by atoms with Crippen LogP contribution in [0.4, 0.5) is 0 Å². The van der Waals surface area contributed by atoms with Crippen molar-refractivity contribution >= 4 is 6.21 Å². The summed E-state index contributed by atoms with van der Waals surface area (Å²) in [6.07, 6.45) is 1.81. The molecule has 2 rings (SSSR count). The van der Waals surface area contributed by atoms with Gasteiger partial charge in [-0.15, -0.1) is 0 Å². The highest BCUT2D eigenvalue weighted by Gasteiger charge is 2.05. The smallest absolute Gasteiger partial charge is 0.0991 e. The van der Waals surface area contributed by atoms with E-state index < -0.39 is 0 Å². The third-order valence-electron chi connectivity index (χ3n) is 2.40. The van der Waals surface area contributed by atoms with Gasteiger partial charge in [0, 0.05) is 0 Å². The quantitative estimate of drug-likeness (QED) is 0.697. The number of hydrogen-bond donors (Lipinski definition) is 0. The van der Waals surface area contributed by atoms with E-state index in [9.17, 15) is 0 Å². The van der Waals surface area contributed by atoms with E-state index >= 15 is 0 Å². The number of hydrazone groups is 1. The molecule has 0 aliphatic carbocycles. The Labute approximate surface area is 94.7 Å². The van der Waals surface area contributed by atoms with E-state index in [1.165, 1.54) is 0 Å². The third kappa shape index (κ3) is 2.81. The fourth-order valence-electron chi connectivity index (χ4n) is 1.46. The summed E-state index contributed by atoms with van der Waals surface area (Å²) in [5, 5.41) is 15.0. The maximum atomic E-state index is 8.66. The number of rotatable bonds is 2. The summed E-state index contributed by atoms with van der Waals surface area (Å²) < 4.78 is 5.23. The van der Waals surface area contributed by atoms with Crippen LogP contribution in [0.5, 0.6) is 0 Å². The highest BCUT2D eigenvalue weighted by atomic mass is 16.5. The summed E-state index contributed by atoms with van der Waals surface area (Å²) in [7, 11) is 0. The Hall–Kier alpha value is -1.86. The predicted molar refractivity (Wildman–Crippen MR) is 61.1 cm³/mol. The summed E-state index contributed by atoms with van der Waals surface area (Å²) >= 11 is 0. The van der Waals surface area contributed by atoms with Crippen molar-refractivity contribution in [2.45, 2.75) is 0 Å². The summed E-state index contributed by atoms with van der Waals surface area (Å²) in [5.41, 5.74) is 1.68. The van der Waals surface area contributed by atoms with Gasteiger partial charge in [0.1, 0.15) is 0 Å². The second kappa shape index (κ2) is 5.29. The van der Waals surface area contributed by atoms with Gasteiger partial charge < -0.3 is 4.74 Å². The van der Waals surface area contributed by atoms with Gasteiger partial charge in [0.05, 0.1) is 44.2 Å². The molecule has 1 heterocycles. The Bertz CT molecular complexity index is 399. The highest BCUT2D eigenvalue weighted by Crippen LogP contribution is 2.02. The standard InChI is InChI=1S/C12H13N3O/c13-9-11-1-3-12(4-2-11)10-14-15-5-7-16-8-6-15/h1-4,10H,5-8H2/b14-10+. The van der Waals surface area contributed by atoms with Gasteiger partial charge >= 0.3 is 0 Å². The second-order valence-electron chi connectivity index (χ2n) is 3.54. The van der Waals surface area contributed by atoms with Gasteiger partial charge in [0.25, 0.3) is 0 Å². The van der Waals surface area contributed by atoms with Crippen molar-refractivity contribution in [1.29, 1.82) is 5.26 Å². The van der Waals surface area contributed by atoms with Crippen LogP contribution in [0.3, 0.4) is 0 Å². The molecule has 4 heteroatoms. The zero-order valence-electron chi connectivity index (χ0n) is 8.97. The highest BCUT2D eigenvalue weighted by molar-refractivity contribution is 5.79. The van der Waals surface area contributed by atoms with Crippen LogP contribution in [-0.2, 0) is 4.74 Å². The van der Waals surface area contributed by atoms with Gasteiger partial charge in [-0.25, -0.2) is 0 Å². The molecule has 0 amide bonds. The minimum Gasteiger partial charge on any atom is -0.378 e. The minimum atomic E-state index is 0.670. The van der Waals surface area contributed by atoms with Crippen LogP contribution < -0.4 is 0 Å². The monoisotopic (exact) mass is 215 g/mol. The first-order valence-electron chi connectivity index (χ1n) is 5.25. The lowest BCUT2D eigenvalue weighted by molar-refractivity contribution is 0.0397. The Balaban J connectivity index is 1.97. The maximum Gasteiger partial charge on any atom is 0.0991 e. The molecule has 0 atom stereocenters. The molecule has 1 aliphatic heterocycles. The van der Waals surface area contributed by atoms with Crippen LogP contribution in [-0.4, -0.2) is 37.5 Å². The molecule has 1 aromatic rings. The van der Waals surface area contributed by atoms with Crippen molar-refractivity contribution in [3.05, 3.63) is 35.4 Å². The minimum absolute atomic E-state index is 0.670. The lowest BCUT2D eigenvalue weighted by Gasteiger charge is -2.23. The molecule has 0 radical (unpaired) electrons. The molecule has 0 saturated carbocycles. The van der Waals surface area contributed by atoms with Crippen LogP contribution in [0.2, 0.25) is 0 Å². The lowest BCUT2D eigenvalue weighted by Crippen LogP contribution is -2.32.